The summed E-state index contributed by atoms with van der Waals surface area (Å²) >= 11 is 0. The van der Waals surface area contributed by atoms with Crippen LogP contribution in [0, 0.1) is 5.82 Å². The molecule has 1 aromatic rings. The van der Waals surface area contributed by atoms with Gasteiger partial charge in [0.05, 0.1) is 0 Å². The van der Waals surface area contributed by atoms with E-state index in [-0.39, 0.29) is 5.82 Å². The summed E-state index contributed by atoms with van der Waals surface area (Å²) in [6.45, 7) is 2.66. The Morgan fingerprint density at radius 1 is 1.40 bits per heavy atom. The van der Waals surface area contributed by atoms with Gasteiger partial charge in [-0.3, -0.25) is 0 Å². The molecule has 0 radical (unpaired) electrons. The van der Waals surface area contributed by atoms with Gasteiger partial charge in [0.2, 0.25) is 0 Å². The summed E-state index contributed by atoms with van der Waals surface area (Å²) in [6.07, 6.45) is 2.48. The first-order chi connectivity index (χ1) is 7.36. The summed E-state index contributed by atoms with van der Waals surface area (Å²) in [5, 5.41) is 6.68. The van der Waals surface area contributed by atoms with E-state index in [9.17, 15) is 4.39 Å². The van der Waals surface area contributed by atoms with Gasteiger partial charge in [0.1, 0.15) is 5.82 Å². The highest BCUT2D eigenvalue weighted by molar-refractivity contribution is 5.16. The van der Waals surface area contributed by atoms with E-state index in [1.54, 1.807) is 6.07 Å². The molecule has 0 bridgehead atoms. The molecule has 2 nitrogen and oxygen atoms in total. The van der Waals surface area contributed by atoms with Crippen LogP contribution in [0.4, 0.5) is 4.39 Å². The van der Waals surface area contributed by atoms with Crippen molar-refractivity contribution in [2.45, 2.75) is 25.4 Å². The molecule has 1 heterocycles. The molecule has 2 rings (SSSR count). The maximum atomic E-state index is 13.2. The lowest BCUT2D eigenvalue weighted by molar-refractivity contribution is 0.524. The fourth-order valence-corrected chi connectivity index (χ4v) is 1.95. The van der Waals surface area contributed by atoms with Crippen molar-refractivity contribution >= 4 is 0 Å². The monoisotopic (exact) mass is 208 g/mol. The fraction of sp³-hybridized carbons (Fsp3) is 0.500. The second-order valence-electron chi connectivity index (χ2n) is 4.02. The van der Waals surface area contributed by atoms with Gasteiger partial charge in [-0.1, -0.05) is 18.2 Å². The van der Waals surface area contributed by atoms with Gasteiger partial charge in [-0.05, 0) is 25.5 Å². The van der Waals surface area contributed by atoms with Crippen LogP contribution in [0.3, 0.4) is 0 Å². The average molecular weight is 208 g/mol. The molecule has 0 amide bonds. The van der Waals surface area contributed by atoms with E-state index in [1.807, 2.05) is 12.1 Å². The van der Waals surface area contributed by atoms with E-state index in [0.29, 0.717) is 12.6 Å². The predicted octanol–water partition coefficient (Wildman–Crippen LogP) is 1.67. The van der Waals surface area contributed by atoms with Gasteiger partial charge in [-0.15, -0.1) is 0 Å². The van der Waals surface area contributed by atoms with Crippen LogP contribution < -0.4 is 10.6 Å². The zero-order chi connectivity index (χ0) is 10.5. The molecule has 1 unspecified atom stereocenters. The Bertz CT molecular complexity index is 308. The summed E-state index contributed by atoms with van der Waals surface area (Å²) in [7, 11) is 0. The maximum Gasteiger partial charge on any atom is 0.127 e. The van der Waals surface area contributed by atoms with Gasteiger partial charge in [0.25, 0.3) is 0 Å². The van der Waals surface area contributed by atoms with Crippen molar-refractivity contribution in [3.8, 4) is 0 Å². The van der Waals surface area contributed by atoms with Crippen molar-refractivity contribution in [1.82, 2.24) is 10.6 Å². The van der Waals surface area contributed by atoms with Gasteiger partial charge in [-0.25, -0.2) is 4.39 Å². The zero-order valence-electron chi connectivity index (χ0n) is 8.80. The maximum absolute atomic E-state index is 13.2. The molecule has 1 atom stereocenters. The van der Waals surface area contributed by atoms with E-state index in [0.717, 1.165) is 18.7 Å². The van der Waals surface area contributed by atoms with E-state index < -0.39 is 0 Å². The van der Waals surface area contributed by atoms with E-state index >= 15 is 0 Å². The second-order valence-corrected chi connectivity index (χ2v) is 4.02. The highest BCUT2D eigenvalue weighted by atomic mass is 19.1. The summed E-state index contributed by atoms with van der Waals surface area (Å²) < 4.78 is 13.2. The lowest BCUT2D eigenvalue weighted by Crippen LogP contribution is -2.33. The molecule has 0 aromatic heterocycles. The molecule has 0 aliphatic carbocycles. The standard InChI is InChI=1S/C12H17FN2/c13-12-6-2-1-4-10(12)8-14-9-11-5-3-7-15-11/h1-2,4,6,11,14-15H,3,5,7-9H2. The van der Waals surface area contributed by atoms with Gasteiger partial charge in [0, 0.05) is 24.7 Å². The SMILES string of the molecule is Fc1ccccc1CNCC1CCCN1. The largest absolute Gasteiger partial charge is 0.313 e. The number of hydrogen-bond acceptors (Lipinski definition) is 2. The Labute approximate surface area is 89.9 Å². The molecular weight excluding hydrogens is 191 g/mol. The van der Waals surface area contributed by atoms with Crippen LogP contribution in [0.2, 0.25) is 0 Å². The van der Waals surface area contributed by atoms with Crippen LogP contribution in [-0.2, 0) is 6.54 Å². The number of rotatable bonds is 4. The molecule has 1 fully saturated rings. The molecule has 0 saturated carbocycles. The topological polar surface area (TPSA) is 24.1 Å². The van der Waals surface area contributed by atoms with Crippen LogP contribution in [0.15, 0.2) is 24.3 Å². The predicted molar refractivity (Wildman–Crippen MR) is 59.1 cm³/mol. The quantitative estimate of drug-likeness (QED) is 0.786. The minimum Gasteiger partial charge on any atom is -0.313 e. The third kappa shape index (κ3) is 3.01. The lowest BCUT2D eigenvalue weighted by atomic mass is 10.2. The normalized spacial score (nSPS) is 20.7. The minimum atomic E-state index is -0.121. The third-order valence-electron chi connectivity index (χ3n) is 2.83. The first kappa shape index (κ1) is 10.6. The number of benzene rings is 1. The smallest absolute Gasteiger partial charge is 0.127 e. The summed E-state index contributed by atoms with van der Waals surface area (Å²) in [6, 6.07) is 7.48. The minimum absolute atomic E-state index is 0.121. The van der Waals surface area contributed by atoms with Crippen LogP contribution in [-0.4, -0.2) is 19.1 Å². The molecule has 0 spiro atoms. The summed E-state index contributed by atoms with van der Waals surface area (Å²) in [4.78, 5) is 0. The van der Waals surface area contributed by atoms with Crippen LogP contribution in [0.25, 0.3) is 0 Å². The Morgan fingerprint density at radius 3 is 3.00 bits per heavy atom. The van der Waals surface area contributed by atoms with Crippen molar-refractivity contribution < 1.29 is 4.39 Å². The molecule has 1 saturated heterocycles. The third-order valence-corrected chi connectivity index (χ3v) is 2.83. The van der Waals surface area contributed by atoms with Crippen molar-refractivity contribution in [2.24, 2.45) is 0 Å². The zero-order valence-corrected chi connectivity index (χ0v) is 8.80. The Balaban J connectivity index is 1.75. The summed E-state index contributed by atoms with van der Waals surface area (Å²) in [5.41, 5.74) is 0.746. The molecule has 1 aliphatic heterocycles. The highest BCUT2D eigenvalue weighted by Gasteiger charge is 2.12. The molecule has 15 heavy (non-hydrogen) atoms. The highest BCUT2D eigenvalue weighted by Crippen LogP contribution is 2.07. The van der Waals surface area contributed by atoms with Gasteiger partial charge in [-0.2, -0.15) is 0 Å². The van der Waals surface area contributed by atoms with Crippen LogP contribution in [0.1, 0.15) is 18.4 Å². The van der Waals surface area contributed by atoms with E-state index in [4.69, 9.17) is 0 Å². The molecule has 2 N–H and O–H groups in total. The number of nitrogens with one attached hydrogen (secondary N) is 2. The van der Waals surface area contributed by atoms with Crippen LogP contribution in [0.5, 0.6) is 0 Å². The van der Waals surface area contributed by atoms with E-state index in [2.05, 4.69) is 10.6 Å². The molecule has 1 aromatic carbocycles. The number of halogens is 1. The number of hydrogen-bond donors (Lipinski definition) is 2. The second kappa shape index (κ2) is 5.24. The van der Waals surface area contributed by atoms with Crippen molar-refractivity contribution in [3.05, 3.63) is 35.6 Å². The average Bonchev–Trinajstić information content (AvgIpc) is 2.74. The fourth-order valence-electron chi connectivity index (χ4n) is 1.95. The van der Waals surface area contributed by atoms with E-state index in [1.165, 1.54) is 18.9 Å². The van der Waals surface area contributed by atoms with Gasteiger partial charge >= 0.3 is 0 Å². The first-order valence-corrected chi connectivity index (χ1v) is 5.54. The molecule has 82 valence electrons. The van der Waals surface area contributed by atoms with Crippen molar-refractivity contribution in [2.75, 3.05) is 13.1 Å². The van der Waals surface area contributed by atoms with Crippen LogP contribution >= 0.6 is 0 Å². The molecule has 1 aliphatic rings. The Morgan fingerprint density at radius 2 is 2.27 bits per heavy atom. The Hall–Kier alpha value is -0.930. The van der Waals surface area contributed by atoms with Gasteiger partial charge < -0.3 is 10.6 Å². The molecule has 3 heteroatoms. The first-order valence-electron chi connectivity index (χ1n) is 5.54. The molecular formula is C12H17FN2. The Kier molecular flexibility index (Phi) is 3.69. The van der Waals surface area contributed by atoms with Gasteiger partial charge in [0.15, 0.2) is 0 Å². The summed E-state index contributed by atoms with van der Waals surface area (Å²) in [5.74, 6) is -0.121. The van der Waals surface area contributed by atoms with Crippen molar-refractivity contribution in [1.29, 1.82) is 0 Å². The lowest BCUT2D eigenvalue weighted by Gasteiger charge is -2.11. The van der Waals surface area contributed by atoms with Crippen molar-refractivity contribution in [3.63, 3.8) is 0 Å².